The molecule has 0 heterocycles. The molecule has 148 valence electrons. The van der Waals surface area contributed by atoms with E-state index >= 15 is 0 Å². The molecule has 0 saturated heterocycles. The zero-order valence-corrected chi connectivity index (χ0v) is 16.9. The van der Waals surface area contributed by atoms with Crippen LogP contribution in [0, 0.1) is 0 Å². The van der Waals surface area contributed by atoms with Crippen LogP contribution < -0.4 is 4.89 Å². The summed E-state index contributed by atoms with van der Waals surface area (Å²) in [6, 6.07) is -1.24. The van der Waals surface area contributed by atoms with Crippen LogP contribution in [0.3, 0.4) is 0 Å². The van der Waals surface area contributed by atoms with E-state index in [0.29, 0.717) is 6.16 Å². The molecule has 0 rings (SSSR count). The minimum Gasteiger partial charge on any atom is -0.612 e. The maximum Gasteiger partial charge on any atom is 0.335 e. The van der Waals surface area contributed by atoms with Crippen LogP contribution in [0.5, 0.6) is 0 Å². The highest BCUT2D eigenvalue weighted by atomic mass is 31.1. The minimum absolute atomic E-state index is 0.428. The van der Waals surface area contributed by atoms with Crippen molar-refractivity contribution >= 4 is 13.9 Å². The van der Waals surface area contributed by atoms with Crippen LogP contribution in [0.25, 0.3) is 0 Å². The van der Waals surface area contributed by atoms with Gasteiger partial charge in [0, 0.05) is 0 Å². The molecule has 0 aromatic heterocycles. The van der Waals surface area contributed by atoms with Crippen molar-refractivity contribution in [2.75, 3.05) is 12.8 Å². The maximum absolute atomic E-state index is 11.6. The number of aliphatic hydroxyl groups excluding tert-OH is 1. The van der Waals surface area contributed by atoms with Crippen LogP contribution in [0.2, 0.25) is 0 Å². The second-order valence-electron chi connectivity index (χ2n) is 6.82. The van der Waals surface area contributed by atoms with Crippen molar-refractivity contribution in [1.29, 1.82) is 0 Å². The average molecular weight is 375 g/mol. The highest BCUT2D eigenvalue weighted by molar-refractivity contribution is 7.39. The van der Waals surface area contributed by atoms with Gasteiger partial charge in [0.15, 0.2) is 7.94 Å². The molecule has 25 heavy (non-hydrogen) atoms. The van der Waals surface area contributed by atoms with Crippen molar-refractivity contribution in [3.8, 4) is 0 Å². The van der Waals surface area contributed by atoms with Crippen LogP contribution in [0.4, 0.5) is 0 Å². The van der Waals surface area contributed by atoms with E-state index in [0.717, 1.165) is 19.3 Å². The summed E-state index contributed by atoms with van der Waals surface area (Å²) in [6.07, 6.45) is 18.2. The Bertz CT molecular complexity index is 350. The Labute approximate surface area is 154 Å². The third-order valence-electron chi connectivity index (χ3n) is 4.43. The Morgan fingerprint density at radius 2 is 1.28 bits per heavy atom. The topological polar surface area (TPSA) is 93.0 Å². The van der Waals surface area contributed by atoms with Gasteiger partial charge in [-0.25, -0.2) is 4.79 Å². The Kier molecular flexibility index (Phi) is 17.9. The van der Waals surface area contributed by atoms with E-state index in [1.165, 1.54) is 70.6 Å². The third kappa shape index (κ3) is 16.7. The second kappa shape index (κ2) is 18.3. The third-order valence-corrected chi connectivity index (χ3v) is 5.66. The highest BCUT2D eigenvalue weighted by Gasteiger charge is 2.18. The molecule has 0 bridgehead atoms. The lowest BCUT2D eigenvalue weighted by atomic mass is 10.0. The molecule has 0 spiro atoms. The van der Waals surface area contributed by atoms with Gasteiger partial charge in [0.25, 0.3) is 0 Å². The molecule has 0 radical (unpaired) electrons. The van der Waals surface area contributed by atoms with Gasteiger partial charge in [-0.15, -0.1) is 0 Å². The van der Waals surface area contributed by atoms with Gasteiger partial charge in [-0.1, -0.05) is 88.7 Å². The fraction of sp³-hybridized carbons (Fsp3) is 0.947. The Morgan fingerprint density at radius 3 is 1.64 bits per heavy atom. The van der Waals surface area contributed by atoms with E-state index in [4.69, 9.17) is 10.2 Å². The number of carboxylic acids is 1. The maximum atomic E-state index is 11.6. The lowest BCUT2D eigenvalue weighted by Gasteiger charge is -2.03. The predicted molar refractivity (Wildman–Crippen MR) is 103 cm³/mol. The second-order valence-corrected chi connectivity index (χ2v) is 8.21. The first-order valence-corrected chi connectivity index (χ1v) is 11.5. The number of carbonyl (C=O) groups is 1. The van der Waals surface area contributed by atoms with Gasteiger partial charge >= 0.3 is 5.97 Å². The van der Waals surface area contributed by atoms with E-state index in [-0.39, 0.29) is 0 Å². The van der Waals surface area contributed by atoms with Crippen LogP contribution in [0.15, 0.2) is 4.74 Å². The molecule has 0 aliphatic carbocycles. The number of rotatable bonds is 18. The van der Waals surface area contributed by atoms with E-state index < -0.39 is 26.6 Å². The summed E-state index contributed by atoms with van der Waals surface area (Å²) in [7, 11) is -1.86. The number of aliphatic carboxylic acids is 1. The van der Waals surface area contributed by atoms with Gasteiger partial charge in [0.05, 0.1) is 6.61 Å². The quantitative estimate of drug-likeness (QED) is 0.264. The first-order valence-electron chi connectivity index (χ1n) is 10.1. The first kappa shape index (κ1) is 24.5. The van der Waals surface area contributed by atoms with Crippen LogP contribution in [0.1, 0.15) is 96.8 Å². The zero-order chi connectivity index (χ0) is 18.8. The van der Waals surface area contributed by atoms with Crippen LogP contribution in [-0.2, 0) is 4.79 Å². The molecule has 0 fully saturated rings. The standard InChI is InChI=1S/C19H38NO4P/c1-2-3-4-5-6-7-8-9-10-11-12-13-14-15-16-25(24)20-18(17-21)19(22)23/h18,21H,2-17H2,1H3,(H,22,23)/t18-/m0/s1. The molecule has 5 nitrogen and oxygen atoms in total. The van der Waals surface area contributed by atoms with E-state index in [9.17, 15) is 9.69 Å². The first-order chi connectivity index (χ1) is 12.1. The molecule has 0 aromatic carbocycles. The van der Waals surface area contributed by atoms with Crippen molar-refractivity contribution in [1.82, 2.24) is 0 Å². The van der Waals surface area contributed by atoms with Gasteiger partial charge in [-0.3, -0.25) is 0 Å². The minimum atomic E-state index is -1.86. The Hall–Kier alpha value is -0.510. The highest BCUT2D eigenvalue weighted by Crippen LogP contribution is 2.20. The van der Waals surface area contributed by atoms with Gasteiger partial charge < -0.3 is 15.1 Å². The van der Waals surface area contributed by atoms with E-state index in [1.54, 1.807) is 0 Å². The molecule has 2 atom stereocenters. The van der Waals surface area contributed by atoms with Gasteiger partial charge in [-0.05, 0) is 12.8 Å². The predicted octanol–water partition coefficient (Wildman–Crippen LogP) is 4.85. The molecule has 0 aliphatic rings. The number of nitrogens with zero attached hydrogens (tertiary/aromatic N) is 1. The van der Waals surface area contributed by atoms with E-state index in [1.807, 2.05) is 0 Å². The molecule has 0 saturated carbocycles. The van der Waals surface area contributed by atoms with Crippen molar-refractivity contribution < 1.29 is 19.9 Å². The lowest BCUT2D eigenvalue weighted by Crippen LogP contribution is -2.21. The summed E-state index contributed by atoms with van der Waals surface area (Å²) < 4.78 is 3.65. The Balaban J connectivity index is 3.36. The van der Waals surface area contributed by atoms with Crippen LogP contribution >= 0.6 is 7.94 Å². The fourth-order valence-electron chi connectivity index (χ4n) is 2.82. The van der Waals surface area contributed by atoms with Crippen LogP contribution in [-0.4, -0.2) is 35.0 Å². The van der Waals surface area contributed by atoms with Gasteiger partial charge in [0.1, 0.15) is 6.16 Å². The lowest BCUT2D eigenvalue weighted by molar-refractivity contribution is -0.157. The molecule has 0 aromatic rings. The molecular formula is C19H38NO4P. The number of hydrogen-bond donors (Lipinski definition) is 2. The van der Waals surface area contributed by atoms with Crippen molar-refractivity contribution in [3.63, 3.8) is 0 Å². The molecule has 0 amide bonds. The smallest absolute Gasteiger partial charge is 0.335 e. The monoisotopic (exact) mass is 375 g/mol. The number of carboxylic acid groups (broad SMARTS) is 1. The van der Waals surface area contributed by atoms with Gasteiger partial charge in [-0.2, -0.15) is 0 Å². The summed E-state index contributed by atoms with van der Waals surface area (Å²) >= 11 is 0. The molecule has 0 aliphatic heterocycles. The van der Waals surface area contributed by atoms with E-state index in [2.05, 4.69) is 11.7 Å². The zero-order valence-electron chi connectivity index (χ0n) is 16.0. The SMILES string of the molecule is CCCCCCCCCCCCCCCC[P+]([O-])=N[C@@H](CO)C(=O)O. The van der Waals surface area contributed by atoms with Gasteiger partial charge in [0.2, 0.25) is 6.04 Å². The normalized spacial score (nSPS) is 13.2. The summed E-state index contributed by atoms with van der Waals surface area (Å²) in [5, 5.41) is 17.6. The van der Waals surface area contributed by atoms with Crippen molar-refractivity contribution in [3.05, 3.63) is 0 Å². The number of unbranched alkanes of at least 4 members (excludes halogenated alkanes) is 13. The number of aliphatic hydroxyl groups is 1. The fourth-order valence-corrected chi connectivity index (χ4v) is 3.91. The van der Waals surface area contributed by atoms with Crippen molar-refractivity contribution in [2.24, 2.45) is 4.74 Å². The summed E-state index contributed by atoms with van der Waals surface area (Å²) in [5.41, 5.74) is 0. The van der Waals surface area contributed by atoms with Crippen molar-refractivity contribution in [2.45, 2.75) is 103 Å². The average Bonchev–Trinajstić information content (AvgIpc) is 2.59. The molecule has 6 heteroatoms. The summed E-state index contributed by atoms with van der Waals surface area (Å²) in [6.45, 7) is 1.66. The number of hydrogen-bond acceptors (Lipinski definition) is 4. The summed E-state index contributed by atoms with van der Waals surface area (Å²) in [4.78, 5) is 22.3. The molecule has 2 N–H and O–H groups in total. The summed E-state index contributed by atoms with van der Waals surface area (Å²) in [5.74, 6) is -1.22. The molecule has 1 unspecified atom stereocenters. The molecular weight excluding hydrogens is 337 g/mol. The largest absolute Gasteiger partial charge is 0.612 e. The Morgan fingerprint density at radius 1 is 0.880 bits per heavy atom.